The third kappa shape index (κ3) is 6.16. The Morgan fingerprint density at radius 1 is 1.10 bits per heavy atom. The fraction of sp³-hybridized carbons (Fsp3) is 0.143. The molecule has 0 saturated carbocycles. The maximum Gasteiger partial charge on any atom is 0.277 e. The maximum absolute atomic E-state index is 13.7. The number of nitrogens with two attached hydrogens (primary N) is 1. The number of rotatable bonds is 8. The molecule has 160 valence electrons. The van der Waals surface area contributed by atoms with Crippen molar-refractivity contribution in [1.82, 2.24) is 15.3 Å². The number of carbonyl (C=O) groups excluding carboxylic acids is 2. The first-order valence-electron chi connectivity index (χ1n) is 9.33. The van der Waals surface area contributed by atoms with Crippen LogP contribution >= 0.6 is 11.8 Å². The number of thioether (sulfide) groups is 1. The molecule has 5 N–H and O–H groups in total. The third-order valence-corrected chi connectivity index (χ3v) is 5.07. The van der Waals surface area contributed by atoms with Gasteiger partial charge in [0.15, 0.2) is 11.0 Å². The minimum atomic E-state index is -0.824. The zero-order valence-electron chi connectivity index (χ0n) is 16.4. The summed E-state index contributed by atoms with van der Waals surface area (Å²) >= 11 is 0.998. The quantitative estimate of drug-likeness (QED) is 0.313. The van der Waals surface area contributed by atoms with Crippen LogP contribution < -0.4 is 21.9 Å². The van der Waals surface area contributed by atoms with E-state index in [2.05, 4.69) is 20.6 Å². The predicted octanol–water partition coefficient (Wildman–Crippen LogP) is 2.19. The van der Waals surface area contributed by atoms with Gasteiger partial charge in [0.2, 0.25) is 5.91 Å². The Labute approximate surface area is 181 Å². The van der Waals surface area contributed by atoms with Crippen LogP contribution in [0.3, 0.4) is 0 Å². The van der Waals surface area contributed by atoms with Gasteiger partial charge in [0.25, 0.3) is 11.5 Å². The van der Waals surface area contributed by atoms with Gasteiger partial charge in [0.1, 0.15) is 11.5 Å². The molecule has 3 rings (SSSR count). The molecule has 0 aliphatic heterocycles. The molecule has 0 atom stereocenters. The molecule has 0 fully saturated rings. The number of amides is 2. The molecule has 0 aliphatic rings. The zero-order chi connectivity index (χ0) is 22.2. The Morgan fingerprint density at radius 3 is 2.52 bits per heavy atom. The van der Waals surface area contributed by atoms with E-state index in [-0.39, 0.29) is 33.9 Å². The average Bonchev–Trinajstić information content (AvgIpc) is 2.76. The van der Waals surface area contributed by atoms with Crippen molar-refractivity contribution in [2.75, 3.05) is 23.3 Å². The number of benzene rings is 2. The van der Waals surface area contributed by atoms with Gasteiger partial charge in [-0.3, -0.25) is 19.4 Å². The molecular weight excluding hydrogens is 421 g/mol. The summed E-state index contributed by atoms with van der Waals surface area (Å²) in [5, 5.41) is 5.19. The molecular formula is C21H20FN5O3S. The van der Waals surface area contributed by atoms with E-state index in [1.54, 1.807) is 0 Å². The van der Waals surface area contributed by atoms with E-state index >= 15 is 0 Å². The Kier molecular flexibility index (Phi) is 7.39. The van der Waals surface area contributed by atoms with Crippen LogP contribution in [0, 0.1) is 5.82 Å². The second-order valence-electron chi connectivity index (χ2n) is 6.44. The first-order valence-corrected chi connectivity index (χ1v) is 10.3. The molecule has 0 unspecified atom stereocenters. The number of halogens is 1. The lowest BCUT2D eigenvalue weighted by Gasteiger charge is -2.09. The highest BCUT2D eigenvalue weighted by Gasteiger charge is 2.16. The van der Waals surface area contributed by atoms with Crippen molar-refractivity contribution in [2.45, 2.75) is 11.6 Å². The molecule has 3 aromatic rings. The number of carbonyl (C=O) groups is 2. The van der Waals surface area contributed by atoms with Gasteiger partial charge in [-0.25, -0.2) is 9.37 Å². The summed E-state index contributed by atoms with van der Waals surface area (Å²) in [5.74, 6) is -1.99. The van der Waals surface area contributed by atoms with Gasteiger partial charge in [-0.2, -0.15) is 0 Å². The van der Waals surface area contributed by atoms with Crippen molar-refractivity contribution in [3.63, 3.8) is 0 Å². The summed E-state index contributed by atoms with van der Waals surface area (Å²) in [4.78, 5) is 42.9. The smallest absolute Gasteiger partial charge is 0.277 e. The summed E-state index contributed by atoms with van der Waals surface area (Å²) in [5.41, 5.74) is 5.68. The van der Waals surface area contributed by atoms with E-state index in [1.807, 2.05) is 30.3 Å². The van der Waals surface area contributed by atoms with E-state index in [9.17, 15) is 18.8 Å². The summed E-state index contributed by atoms with van der Waals surface area (Å²) in [6, 6.07) is 15.1. The topological polar surface area (TPSA) is 130 Å². The van der Waals surface area contributed by atoms with Crippen LogP contribution in [0.2, 0.25) is 0 Å². The fourth-order valence-electron chi connectivity index (χ4n) is 2.66. The van der Waals surface area contributed by atoms with E-state index in [0.29, 0.717) is 13.0 Å². The number of nitrogens with one attached hydrogen (secondary N) is 3. The monoisotopic (exact) mass is 441 g/mol. The number of aromatic nitrogens is 2. The lowest BCUT2D eigenvalue weighted by molar-refractivity contribution is -0.118. The summed E-state index contributed by atoms with van der Waals surface area (Å²) in [7, 11) is 0. The Balaban J connectivity index is 1.55. The maximum atomic E-state index is 13.7. The molecule has 10 heteroatoms. The molecule has 0 saturated heterocycles. The number of aromatic amines is 1. The molecule has 0 radical (unpaired) electrons. The van der Waals surface area contributed by atoms with Crippen LogP contribution in [0.5, 0.6) is 0 Å². The predicted molar refractivity (Wildman–Crippen MR) is 118 cm³/mol. The van der Waals surface area contributed by atoms with Gasteiger partial charge in [-0.15, -0.1) is 0 Å². The highest BCUT2D eigenvalue weighted by atomic mass is 32.2. The van der Waals surface area contributed by atoms with Crippen molar-refractivity contribution < 1.29 is 14.0 Å². The summed E-state index contributed by atoms with van der Waals surface area (Å²) in [6.45, 7) is 0.483. The average molecular weight is 441 g/mol. The van der Waals surface area contributed by atoms with Crippen LogP contribution in [0.1, 0.15) is 15.9 Å². The standard InChI is InChI=1S/C21H20FN5O3S/c22-15-9-5-4-8-14(15)19(29)25-17-18(23)26-21(27-20(17)30)31-12-16(28)24-11-10-13-6-2-1-3-7-13/h1-9H,10-12H2,(H,24,28)(H,25,29)(H3,23,26,27,30). The third-order valence-electron chi connectivity index (χ3n) is 4.20. The highest BCUT2D eigenvalue weighted by Crippen LogP contribution is 2.17. The van der Waals surface area contributed by atoms with Crippen molar-refractivity contribution in [1.29, 1.82) is 0 Å². The molecule has 0 aliphatic carbocycles. The molecule has 1 heterocycles. The van der Waals surface area contributed by atoms with Crippen LogP contribution in [0.15, 0.2) is 64.5 Å². The molecule has 2 aromatic carbocycles. The lowest BCUT2D eigenvalue weighted by Crippen LogP contribution is -2.27. The van der Waals surface area contributed by atoms with E-state index in [1.165, 1.54) is 18.2 Å². The van der Waals surface area contributed by atoms with Crippen molar-refractivity contribution in [3.8, 4) is 0 Å². The van der Waals surface area contributed by atoms with Crippen molar-refractivity contribution >= 4 is 35.1 Å². The first kappa shape index (κ1) is 22.0. The number of H-pyrrole nitrogens is 1. The van der Waals surface area contributed by atoms with Gasteiger partial charge >= 0.3 is 0 Å². The molecule has 1 aromatic heterocycles. The first-order chi connectivity index (χ1) is 14.9. The molecule has 31 heavy (non-hydrogen) atoms. The zero-order valence-corrected chi connectivity index (χ0v) is 17.2. The minimum absolute atomic E-state index is 0.0259. The number of anilines is 2. The van der Waals surface area contributed by atoms with Crippen molar-refractivity contribution in [2.24, 2.45) is 0 Å². The van der Waals surface area contributed by atoms with Gasteiger partial charge in [-0.05, 0) is 24.1 Å². The number of hydrogen-bond donors (Lipinski definition) is 4. The fourth-order valence-corrected chi connectivity index (χ4v) is 3.36. The van der Waals surface area contributed by atoms with Crippen LogP contribution in [-0.4, -0.2) is 34.1 Å². The van der Waals surface area contributed by atoms with E-state index in [0.717, 1.165) is 23.4 Å². The molecule has 2 amide bonds. The second kappa shape index (κ2) is 10.4. The Hall–Kier alpha value is -3.66. The van der Waals surface area contributed by atoms with Gasteiger partial charge in [0.05, 0.1) is 11.3 Å². The van der Waals surface area contributed by atoms with E-state index in [4.69, 9.17) is 5.73 Å². The summed E-state index contributed by atoms with van der Waals surface area (Å²) < 4.78 is 13.7. The minimum Gasteiger partial charge on any atom is -0.382 e. The van der Waals surface area contributed by atoms with Gasteiger partial charge in [-0.1, -0.05) is 54.2 Å². The van der Waals surface area contributed by atoms with Gasteiger partial charge < -0.3 is 16.4 Å². The number of nitrogens with zero attached hydrogens (tertiary/aromatic N) is 1. The van der Waals surface area contributed by atoms with Crippen LogP contribution in [0.4, 0.5) is 15.9 Å². The Bertz CT molecular complexity index is 1140. The largest absolute Gasteiger partial charge is 0.382 e. The SMILES string of the molecule is Nc1nc(SCC(=O)NCCc2ccccc2)[nH]c(=O)c1NC(=O)c1ccccc1F. The van der Waals surface area contributed by atoms with Gasteiger partial charge in [0, 0.05) is 6.54 Å². The number of nitrogen functional groups attached to an aromatic ring is 1. The van der Waals surface area contributed by atoms with Crippen molar-refractivity contribution in [3.05, 3.63) is 81.9 Å². The second-order valence-corrected chi connectivity index (χ2v) is 7.40. The summed E-state index contributed by atoms with van der Waals surface area (Å²) in [6.07, 6.45) is 0.704. The molecule has 8 nitrogen and oxygen atoms in total. The molecule has 0 bridgehead atoms. The lowest BCUT2D eigenvalue weighted by atomic mass is 10.1. The van der Waals surface area contributed by atoms with Crippen LogP contribution in [0.25, 0.3) is 0 Å². The molecule has 0 spiro atoms. The normalized spacial score (nSPS) is 10.5. The highest BCUT2D eigenvalue weighted by molar-refractivity contribution is 7.99. The van der Waals surface area contributed by atoms with Crippen LogP contribution in [-0.2, 0) is 11.2 Å². The Morgan fingerprint density at radius 2 is 1.81 bits per heavy atom. The number of hydrogen-bond acceptors (Lipinski definition) is 6. The van der Waals surface area contributed by atoms with E-state index < -0.39 is 17.3 Å².